The van der Waals surface area contributed by atoms with E-state index >= 15 is 0 Å². The first kappa shape index (κ1) is 15.6. The van der Waals surface area contributed by atoms with E-state index in [-0.39, 0.29) is 10.7 Å². The van der Waals surface area contributed by atoms with Gasteiger partial charge in [-0.1, -0.05) is 11.6 Å². The molecule has 0 aromatic carbocycles. The first-order chi connectivity index (χ1) is 8.94. The van der Waals surface area contributed by atoms with Gasteiger partial charge in [0, 0.05) is 0 Å². The normalized spacial score (nSPS) is 21.3. The van der Waals surface area contributed by atoms with Crippen LogP contribution in [0.3, 0.4) is 0 Å². The van der Waals surface area contributed by atoms with E-state index in [0.717, 1.165) is 12.1 Å². The Morgan fingerprint density at radius 1 is 1.10 bits per heavy atom. The Morgan fingerprint density at radius 2 is 1.60 bits per heavy atom. The van der Waals surface area contributed by atoms with Crippen LogP contribution in [-0.2, 0) is 15.5 Å². The third-order valence-electron chi connectivity index (χ3n) is 3.67. The van der Waals surface area contributed by atoms with Crippen LogP contribution in [-0.4, -0.2) is 23.3 Å². The number of nitrogens with zero attached hydrogens (tertiary/aromatic N) is 1. The molecule has 2 heterocycles. The summed E-state index contributed by atoms with van der Waals surface area (Å²) in [5, 5.41) is -0.0392. The van der Waals surface area contributed by atoms with Gasteiger partial charge in [0.05, 0.1) is 22.4 Å². The number of hydrogen-bond acceptors (Lipinski definition) is 3. The van der Waals surface area contributed by atoms with Gasteiger partial charge in [-0.25, -0.2) is 4.98 Å². The van der Waals surface area contributed by atoms with Crippen LogP contribution in [0.1, 0.15) is 33.3 Å². The maximum atomic E-state index is 13.0. The number of aromatic nitrogens is 1. The van der Waals surface area contributed by atoms with Crippen LogP contribution in [0.2, 0.25) is 5.15 Å². The zero-order valence-corrected chi connectivity index (χ0v) is 12.3. The fourth-order valence-corrected chi connectivity index (χ4v) is 1.98. The quantitative estimate of drug-likeness (QED) is 0.590. The molecule has 1 aliphatic rings. The average Bonchev–Trinajstić information content (AvgIpc) is 2.46. The SMILES string of the molecule is CC1(C)OB(c2nc(Cl)ccc2C(F)(F)F)OC1(C)C. The van der Waals surface area contributed by atoms with Gasteiger partial charge >= 0.3 is 13.3 Å². The maximum absolute atomic E-state index is 13.0. The zero-order chi connectivity index (χ0) is 15.3. The van der Waals surface area contributed by atoms with E-state index in [2.05, 4.69) is 4.98 Å². The molecule has 0 N–H and O–H groups in total. The smallest absolute Gasteiger partial charge is 0.398 e. The summed E-state index contributed by atoms with van der Waals surface area (Å²) in [5.41, 5.74) is -2.74. The summed E-state index contributed by atoms with van der Waals surface area (Å²) in [7, 11) is -1.20. The van der Waals surface area contributed by atoms with Gasteiger partial charge in [-0.05, 0) is 39.8 Å². The molecular weight excluding hydrogens is 293 g/mol. The van der Waals surface area contributed by atoms with Crippen molar-refractivity contribution in [1.29, 1.82) is 0 Å². The van der Waals surface area contributed by atoms with E-state index in [1.54, 1.807) is 27.7 Å². The number of hydrogen-bond donors (Lipinski definition) is 0. The first-order valence-corrected chi connectivity index (χ1v) is 6.41. The molecular formula is C12H14BClF3NO2. The predicted octanol–water partition coefficient (Wildman–Crippen LogP) is 3.05. The van der Waals surface area contributed by atoms with Crippen LogP contribution in [0.4, 0.5) is 13.2 Å². The van der Waals surface area contributed by atoms with Gasteiger partial charge in [-0.2, -0.15) is 13.2 Å². The maximum Gasteiger partial charge on any atom is 0.515 e. The molecule has 0 bridgehead atoms. The molecule has 1 saturated heterocycles. The van der Waals surface area contributed by atoms with Gasteiger partial charge in [-0.3, -0.25) is 0 Å². The standard InChI is InChI=1S/C12H14BClF3NO2/c1-10(2)11(3,4)20-13(19-10)9-7(12(15,16)17)5-6-8(14)18-9/h5-6H,1-4H3. The predicted molar refractivity (Wildman–Crippen MR) is 70.0 cm³/mol. The minimum Gasteiger partial charge on any atom is -0.398 e. The van der Waals surface area contributed by atoms with Crippen LogP contribution in [0.5, 0.6) is 0 Å². The summed E-state index contributed by atoms with van der Waals surface area (Å²) in [6.07, 6.45) is -4.55. The zero-order valence-electron chi connectivity index (χ0n) is 11.5. The third kappa shape index (κ3) is 2.66. The summed E-state index contributed by atoms with van der Waals surface area (Å²) in [5.74, 6) is 0. The largest absolute Gasteiger partial charge is 0.515 e. The van der Waals surface area contributed by atoms with E-state index in [1.807, 2.05) is 0 Å². The van der Waals surface area contributed by atoms with Crippen molar-refractivity contribution in [2.24, 2.45) is 0 Å². The van der Waals surface area contributed by atoms with Crippen molar-refractivity contribution in [3.8, 4) is 0 Å². The summed E-state index contributed by atoms with van der Waals surface area (Å²) in [6.45, 7) is 7.02. The molecule has 1 aromatic heterocycles. The Morgan fingerprint density at radius 3 is 2.05 bits per heavy atom. The molecule has 3 nitrogen and oxygen atoms in total. The molecule has 2 rings (SSSR count). The van der Waals surface area contributed by atoms with Crippen molar-refractivity contribution in [1.82, 2.24) is 4.98 Å². The fourth-order valence-electron chi connectivity index (χ4n) is 1.82. The monoisotopic (exact) mass is 307 g/mol. The van der Waals surface area contributed by atoms with Gasteiger partial charge in [0.1, 0.15) is 5.15 Å². The Balaban J connectivity index is 2.47. The van der Waals surface area contributed by atoms with Gasteiger partial charge in [0.15, 0.2) is 0 Å². The summed E-state index contributed by atoms with van der Waals surface area (Å²) in [4.78, 5) is 3.75. The lowest BCUT2D eigenvalue weighted by atomic mass is 9.80. The highest BCUT2D eigenvalue weighted by atomic mass is 35.5. The minimum atomic E-state index is -4.55. The minimum absolute atomic E-state index is 0.0392. The van der Waals surface area contributed by atoms with E-state index < -0.39 is 30.1 Å². The Hall–Kier alpha value is -0.785. The lowest BCUT2D eigenvalue weighted by Crippen LogP contribution is -2.41. The molecule has 0 unspecified atom stereocenters. The van der Waals surface area contributed by atoms with Crippen LogP contribution in [0, 0.1) is 0 Å². The highest BCUT2D eigenvalue weighted by Gasteiger charge is 2.54. The first-order valence-electron chi connectivity index (χ1n) is 6.03. The average molecular weight is 308 g/mol. The molecule has 1 aromatic rings. The number of alkyl halides is 3. The van der Waals surface area contributed by atoms with Gasteiger partial charge in [0.2, 0.25) is 0 Å². The van der Waals surface area contributed by atoms with Gasteiger partial charge < -0.3 is 9.31 Å². The molecule has 0 spiro atoms. The van der Waals surface area contributed by atoms with E-state index in [9.17, 15) is 13.2 Å². The van der Waals surface area contributed by atoms with Crippen LogP contribution < -0.4 is 5.59 Å². The van der Waals surface area contributed by atoms with Gasteiger partial charge in [-0.15, -0.1) is 0 Å². The molecule has 1 aliphatic heterocycles. The molecule has 0 saturated carbocycles. The second kappa shape index (κ2) is 4.61. The summed E-state index contributed by atoms with van der Waals surface area (Å²) >= 11 is 5.70. The van der Waals surface area contributed by atoms with Crippen LogP contribution in [0.15, 0.2) is 12.1 Å². The van der Waals surface area contributed by atoms with E-state index in [4.69, 9.17) is 20.9 Å². The third-order valence-corrected chi connectivity index (χ3v) is 3.88. The lowest BCUT2D eigenvalue weighted by Gasteiger charge is -2.32. The molecule has 0 amide bonds. The van der Waals surface area contributed by atoms with Crippen molar-refractivity contribution in [3.05, 3.63) is 22.8 Å². The highest BCUT2D eigenvalue weighted by Crippen LogP contribution is 2.38. The second-order valence-electron chi connectivity index (χ2n) is 5.65. The molecule has 110 valence electrons. The lowest BCUT2D eigenvalue weighted by molar-refractivity contribution is -0.137. The summed E-state index contributed by atoms with van der Waals surface area (Å²) in [6, 6.07) is 1.98. The topological polar surface area (TPSA) is 31.4 Å². The Bertz CT molecular complexity index is 518. The number of rotatable bonds is 1. The van der Waals surface area contributed by atoms with Crippen molar-refractivity contribution in [3.63, 3.8) is 0 Å². The fraction of sp³-hybridized carbons (Fsp3) is 0.583. The summed E-state index contributed by atoms with van der Waals surface area (Å²) < 4.78 is 50.3. The Labute approximate surface area is 120 Å². The molecule has 0 radical (unpaired) electrons. The Kier molecular flexibility index (Phi) is 3.60. The van der Waals surface area contributed by atoms with Crippen molar-refractivity contribution in [2.75, 3.05) is 0 Å². The van der Waals surface area contributed by atoms with Crippen LogP contribution in [0.25, 0.3) is 0 Å². The molecule has 8 heteroatoms. The molecule has 0 atom stereocenters. The van der Waals surface area contributed by atoms with Crippen molar-refractivity contribution < 1.29 is 22.5 Å². The molecule has 1 fully saturated rings. The number of pyridine rings is 1. The van der Waals surface area contributed by atoms with Crippen LogP contribution >= 0.6 is 11.6 Å². The molecule has 20 heavy (non-hydrogen) atoms. The van der Waals surface area contributed by atoms with E-state index in [1.165, 1.54) is 0 Å². The van der Waals surface area contributed by atoms with E-state index in [0.29, 0.717) is 0 Å². The highest BCUT2D eigenvalue weighted by molar-refractivity contribution is 6.61. The van der Waals surface area contributed by atoms with Crippen molar-refractivity contribution >= 4 is 24.3 Å². The number of halogens is 4. The van der Waals surface area contributed by atoms with Crippen molar-refractivity contribution in [2.45, 2.75) is 45.1 Å². The second-order valence-corrected chi connectivity index (χ2v) is 6.04. The van der Waals surface area contributed by atoms with Gasteiger partial charge in [0.25, 0.3) is 0 Å². The molecule has 0 aliphatic carbocycles.